The fourth-order valence-electron chi connectivity index (χ4n) is 4.12. The number of carbonyl (C=O) groups excluding carboxylic acids is 1. The molecule has 1 fully saturated rings. The van der Waals surface area contributed by atoms with Crippen molar-refractivity contribution >= 4 is 22.9 Å². The predicted octanol–water partition coefficient (Wildman–Crippen LogP) is 4.71. The number of thiophene rings is 1. The summed E-state index contributed by atoms with van der Waals surface area (Å²) < 4.78 is 27.3. The fraction of sp³-hybridized carbons (Fsp3) is 0.292. The molecule has 0 radical (unpaired) electrons. The SMILES string of the molecule is C[C@@H](NC(=O)c1ccccc1F)[C@@H](c1cccs1)N1CCN(c2ccc(F)cc2)CC1. The molecule has 1 N–H and O–H groups in total. The van der Waals surface area contributed by atoms with Gasteiger partial charge in [-0.1, -0.05) is 18.2 Å². The summed E-state index contributed by atoms with van der Waals surface area (Å²) in [4.78, 5) is 18.5. The molecule has 1 amide bonds. The van der Waals surface area contributed by atoms with E-state index in [0.717, 1.165) is 36.7 Å². The summed E-state index contributed by atoms with van der Waals surface area (Å²) in [6, 6.07) is 16.5. The second-order valence-electron chi connectivity index (χ2n) is 7.70. The van der Waals surface area contributed by atoms with Gasteiger partial charge in [0.15, 0.2) is 0 Å². The van der Waals surface area contributed by atoms with Crippen molar-refractivity contribution in [3.8, 4) is 0 Å². The van der Waals surface area contributed by atoms with Gasteiger partial charge in [-0.25, -0.2) is 8.78 Å². The van der Waals surface area contributed by atoms with Crippen molar-refractivity contribution in [3.63, 3.8) is 0 Å². The minimum Gasteiger partial charge on any atom is -0.369 e. The van der Waals surface area contributed by atoms with Crippen LogP contribution in [-0.2, 0) is 0 Å². The van der Waals surface area contributed by atoms with Crippen molar-refractivity contribution in [1.82, 2.24) is 10.2 Å². The normalized spacial score (nSPS) is 16.7. The quantitative estimate of drug-likeness (QED) is 0.602. The van der Waals surface area contributed by atoms with E-state index in [-0.39, 0.29) is 23.5 Å². The zero-order chi connectivity index (χ0) is 21.8. The molecule has 2 atom stereocenters. The zero-order valence-electron chi connectivity index (χ0n) is 17.3. The lowest BCUT2D eigenvalue weighted by atomic mass is 10.0. The predicted molar refractivity (Wildman–Crippen MR) is 121 cm³/mol. The number of rotatable bonds is 6. The van der Waals surface area contributed by atoms with E-state index in [9.17, 15) is 13.6 Å². The molecule has 1 aliphatic rings. The van der Waals surface area contributed by atoms with Crippen LogP contribution in [0.25, 0.3) is 0 Å². The van der Waals surface area contributed by atoms with Gasteiger partial charge in [0.2, 0.25) is 0 Å². The first kappa shape index (κ1) is 21.5. The van der Waals surface area contributed by atoms with Crippen molar-refractivity contribution < 1.29 is 13.6 Å². The van der Waals surface area contributed by atoms with Gasteiger partial charge in [0.05, 0.1) is 11.6 Å². The van der Waals surface area contributed by atoms with Crippen molar-refractivity contribution in [2.75, 3.05) is 31.1 Å². The number of nitrogens with zero attached hydrogens (tertiary/aromatic N) is 2. The number of halogens is 2. The van der Waals surface area contributed by atoms with Crippen LogP contribution in [0.4, 0.5) is 14.5 Å². The van der Waals surface area contributed by atoms with Crippen LogP contribution in [0.15, 0.2) is 66.0 Å². The Balaban J connectivity index is 1.47. The van der Waals surface area contributed by atoms with Crippen molar-refractivity contribution in [1.29, 1.82) is 0 Å². The van der Waals surface area contributed by atoms with Crippen LogP contribution in [0.2, 0.25) is 0 Å². The largest absolute Gasteiger partial charge is 0.369 e. The molecule has 4 nitrogen and oxygen atoms in total. The lowest BCUT2D eigenvalue weighted by molar-refractivity contribution is 0.0886. The molecule has 0 bridgehead atoms. The highest BCUT2D eigenvalue weighted by Gasteiger charge is 2.31. The van der Waals surface area contributed by atoms with E-state index >= 15 is 0 Å². The molecular weight excluding hydrogens is 416 g/mol. The number of amides is 1. The summed E-state index contributed by atoms with van der Waals surface area (Å²) >= 11 is 1.66. The summed E-state index contributed by atoms with van der Waals surface area (Å²) in [6.45, 7) is 5.19. The number of hydrogen-bond donors (Lipinski definition) is 1. The van der Waals surface area contributed by atoms with Gasteiger partial charge in [-0.3, -0.25) is 9.69 Å². The summed E-state index contributed by atoms with van der Waals surface area (Å²) in [7, 11) is 0. The smallest absolute Gasteiger partial charge is 0.254 e. The summed E-state index contributed by atoms with van der Waals surface area (Å²) in [6.07, 6.45) is 0. The number of nitrogens with one attached hydrogen (secondary N) is 1. The Bertz CT molecular complexity index is 1000. The molecule has 1 aromatic heterocycles. The lowest BCUT2D eigenvalue weighted by Gasteiger charge is -2.42. The Hall–Kier alpha value is -2.77. The minimum atomic E-state index is -0.521. The van der Waals surface area contributed by atoms with E-state index in [1.807, 2.05) is 18.4 Å². The summed E-state index contributed by atoms with van der Waals surface area (Å²) in [5, 5.41) is 5.03. The number of anilines is 1. The average molecular weight is 442 g/mol. The average Bonchev–Trinajstić information content (AvgIpc) is 3.29. The molecule has 3 aromatic rings. The Morgan fingerprint density at radius 3 is 2.32 bits per heavy atom. The second kappa shape index (κ2) is 9.58. The third-order valence-corrected chi connectivity index (χ3v) is 6.63. The van der Waals surface area contributed by atoms with Gasteiger partial charge in [0.25, 0.3) is 5.91 Å². The Morgan fingerprint density at radius 1 is 0.968 bits per heavy atom. The molecule has 0 spiro atoms. The van der Waals surface area contributed by atoms with E-state index in [4.69, 9.17) is 0 Å². The molecule has 1 aliphatic heterocycles. The first-order valence-electron chi connectivity index (χ1n) is 10.4. The highest BCUT2D eigenvalue weighted by Crippen LogP contribution is 2.30. The molecule has 0 aliphatic carbocycles. The first-order chi connectivity index (χ1) is 15.0. The maximum atomic E-state index is 14.1. The van der Waals surface area contributed by atoms with Crippen LogP contribution in [0, 0.1) is 11.6 Å². The molecule has 7 heteroatoms. The first-order valence-corrected chi connectivity index (χ1v) is 11.2. The van der Waals surface area contributed by atoms with Crippen molar-refractivity contribution in [2.45, 2.75) is 19.0 Å². The molecule has 2 heterocycles. The monoisotopic (exact) mass is 441 g/mol. The third-order valence-electron chi connectivity index (χ3n) is 5.68. The molecular formula is C24H25F2N3OS. The zero-order valence-corrected chi connectivity index (χ0v) is 18.1. The highest BCUT2D eigenvalue weighted by molar-refractivity contribution is 7.10. The van der Waals surface area contributed by atoms with Gasteiger partial charge in [0, 0.05) is 42.8 Å². The van der Waals surface area contributed by atoms with Crippen LogP contribution >= 0.6 is 11.3 Å². The van der Waals surface area contributed by atoms with Gasteiger partial charge >= 0.3 is 0 Å². The third kappa shape index (κ3) is 4.94. The Labute approximate surface area is 185 Å². The van der Waals surface area contributed by atoms with E-state index < -0.39 is 11.7 Å². The van der Waals surface area contributed by atoms with Crippen LogP contribution in [0.5, 0.6) is 0 Å². The Morgan fingerprint density at radius 2 is 1.68 bits per heavy atom. The van der Waals surface area contributed by atoms with Crippen molar-refractivity contribution in [3.05, 3.63) is 88.1 Å². The Kier molecular flexibility index (Phi) is 6.63. The van der Waals surface area contributed by atoms with E-state index in [1.165, 1.54) is 24.3 Å². The topological polar surface area (TPSA) is 35.6 Å². The molecule has 162 valence electrons. The molecule has 0 unspecified atom stereocenters. The molecule has 1 saturated heterocycles. The number of carbonyl (C=O) groups is 1. The van der Waals surface area contributed by atoms with E-state index in [2.05, 4.69) is 21.2 Å². The van der Waals surface area contributed by atoms with Crippen LogP contribution < -0.4 is 10.2 Å². The van der Waals surface area contributed by atoms with Crippen LogP contribution in [0.1, 0.15) is 28.2 Å². The van der Waals surface area contributed by atoms with Gasteiger partial charge in [-0.15, -0.1) is 11.3 Å². The van der Waals surface area contributed by atoms with Gasteiger partial charge < -0.3 is 10.2 Å². The van der Waals surface area contributed by atoms with Gasteiger partial charge in [-0.05, 0) is 54.8 Å². The van der Waals surface area contributed by atoms with Crippen molar-refractivity contribution in [2.24, 2.45) is 0 Å². The van der Waals surface area contributed by atoms with E-state index in [1.54, 1.807) is 35.6 Å². The lowest BCUT2D eigenvalue weighted by Crippen LogP contribution is -2.52. The van der Waals surface area contributed by atoms with Crippen LogP contribution in [0.3, 0.4) is 0 Å². The summed E-state index contributed by atoms with van der Waals surface area (Å²) in [5.41, 5.74) is 1.06. The maximum absolute atomic E-state index is 14.1. The maximum Gasteiger partial charge on any atom is 0.254 e. The minimum absolute atomic E-state index is 0.00825. The number of benzene rings is 2. The molecule has 4 rings (SSSR count). The fourth-order valence-corrected chi connectivity index (χ4v) is 5.09. The second-order valence-corrected chi connectivity index (χ2v) is 8.68. The van der Waals surface area contributed by atoms with Gasteiger partial charge in [0.1, 0.15) is 11.6 Å². The number of hydrogen-bond acceptors (Lipinski definition) is 4. The molecule has 0 saturated carbocycles. The summed E-state index contributed by atoms with van der Waals surface area (Å²) in [5.74, 6) is -1.16. The van der Waals surface area contributed by atoms with E-state index in [0.29, 0.717) is 0 Å². The van der Waals surface area contributed by atoms with Gasteiger partial charge in [-0.2, -0.15) is 0 Å². The molecule has 31 heavy (non-hydrogen) atoms. The number of piperazine rings is 1. The standard InChI is InChI=1S/C24H25F2N3OS/c1-17(27-24(30)20-5-2-3-6-21(20)26)23(22-7-4-16-31-22)29-14-12-28(13-15-29)19-10-8-18(25)9-11-19/h2-11,16-17,23H,12-15H2,1H3,(H,27,30)/t17-,23+/m1/s1. The van der Waals surface area contributed by atoms with Crippen LogP contribution in [-0.4, -0.2) is 43.0 Å². The molecule has 2 aromatic carbocycles. The highest BCUT2D eigenvalue weighted by atomic mass is 32.1.